The third kappa shape index (κ3) is 4.92. The maximum Gasteiger partial charge on any atom is 0.265 e. The fourth-order valence-corrected chi connectivity index (χ4v) is 6.98. The van der Waals surface area contributed by atoms with Gasteiger partial charge in [0.15, 0.2) is 21.3 Å². The highest BCUT2D eigenvalue weighted by Crippen LogP contribution is 2.42. The summed E-state index contributed by atoms with van der Waals surface area (Å²) in [6.45, 7) is 4.02. The van der Waals surface area contributed by atoms with Crippen molar-refractivity contribution in [1.82, 2.24) is 4.90 Å². The van der Waals surface area contributed by atoms with Crippen LogP contribution in [0.5, 0.6) is 11.5 Å². The molecular formula is C24H28N2O7S2. The average Bonchev–Trinajstić information content (AvgIpc) is 3.56. The number of carbonyl (C=O) groups is 3. The SMILES string of the molecule is CCCC(=O)Nc1scc2c1C(=O)N([C@@H](CS(=O)(=O)C1CC1)c1ccc(OC)c(OCC)c1)C2=O. The lowest BCUT2D eigenvalue weighted by atomic mass is 10.1. The summed E-state index contributed by atoms with van der Waals surface area (Å²) in [5.74, 6) is -0.997. The van der Waals surface area contributed by atoms with Crippen molar-refractivity contribution in [3.05, 3.63) is 40.3 Å². The normalized spacial score (nSPS) is 16.3. The van der Waals surface area contributed by atoms with Crippen LogP contribution in [-0.4, -0.2) is 55.8 Å². The molecule has 0 unspecified atom stereocenters. The van der Waals surface area contributed by atoms with E-state index in [1.807, 2.05) is 6.92 Å². The van der Waals surface area contributed by atoms with Crippen LogP contribution in [0.15, 0.2) is 23.6 Å². The van der Waals surface area contributed by atoms with E-state index in [4.69, 9.17) is 9.47 Å². The molecule has 1 saturated carbocycles. The first kappa shape index (κ1) is 25.2. The van der Waals surface area contributed by atoms with Crippen molar-refractivity contribution in [1.29, 1.82) is 0 Å². The zero-order valence-electron chi connectivity index (χ0n) is 19.8. The second-order valence-electron chi connectivity index (χ2n) is 8.52. The molecule has 1 atom stereocenters. The second-order valence-corrected chi connectivity index (χ2v) is 11.7. The van der Waals surface area contributed by atoms with E-state index in [0.29, 0.717) is 47.9 Å². The molecule has 2 aromatic rings. The molecule has 4 rings (SSSR count). The summed E-state index contributed by atoms with van der Waals surface area (Å²) in [6.07, 6.45) is 2.07. The van der Waals surface area contributed by atoms with Crippen molar-refractivity contribution in [2.45, 2.75) is 50.8 Å². The highest BCUT2D eigenvalue weighted by Gasteiger charge is 2.47. The van der Waals surface area contributed by atoms with Crippen LogP contribution in [0.2, 0.25) is 0 Å². The Kier molecular flexibility index (Phi) is 7.18. The molecule has 11 heteroatoms. The minimum Gasteiger partial charge on any atom is -0.493 e. The molecule has 1 aromatic heterocycles. The van der Waals surface area contributed by atoms with Crippen molar-refractivity contribution in [2.75, 3.05) is 24.8 Å². The Balaban J connectivity index is 1.74. The molecule has 3 amide bonds. The van der Waals surface area contributed by atoms with Crippen molar-refractivity contribution in [3.8, 4) is 11.5 Å². The summed E-state index contributed by atoms with van der Waals surface area (Å²) in [5, 5.41) is 4.09. The molecule has 0 bridgehead atoms. The molecule has 0 spiro atoms. The number of hydrogen-bond donors (Lipinski definition) is 1. The lowest BCUT2D eigenvalue weighted by molar-refractivity contribution is -0.116. The molecular weight excluding hydrogens is 492 g/mol. The van der Waals surface area contributed by atoms with Gasteiger partial charge in [0.2, 0.25) is 5.91 Å². The number of benzene rings is 1. The van der Waals surface area contributed by atoms with E-state index in [9.17, 15) is 22.8 Å². The van der Waals surface area contributed by atoms with Gasteiger partial charge in [0.1, 0.15) is 5.00 Å². The summed E-state index contributed by atoms with van der Waals surface area (Å²) >= 11 is 1.11. The first-order valence-corrected chi connectivity index (χ1v) is 14.1. The predicted molar refractivity (Wildman–Crippen MR) is 132 cm³/mol. The van der Waals surface area contributed by atoms with E-state index in [0.717, 1.165) is 16.2 Å². The van der Waals surface area contributed by atoms with Crippen molar-refractivity contribution in [3.63, 3.8) is 0 Å². The summed E-state index contributed by atoms with van der Waals surface area (Å²) < 4.78 is 37.0. The predicted octanol–water partition coefficient (Wildman–Crippen LogP) is 3.81. The van der Waals surface area contributed by atoms with Crippen LogP contribution in [0.1, 0.15) is 71.9 Å². The average molecular weight is 521 g/mol. The number of fused-ring (bicyclic) bond motifs is 1. The smallest absolute Gasteiger partial charge is 0.265 e. The van der Waals surface area contributed by atoms with Gasteiger partial charge in [-0.05, 0) is 43.9 Å². The van der Waals surface area contributed by atoms with E-state index >= 15 is 0 Å². The van der Waals surface area contributed by atoms with Crippen LogP contribution in [0, 0.1) is 0 Å². The second kappa shape index (κ2) is 9.98. The minimum absolute atomic E-state index is 0.108. The van der Waals surface area contributed by atoms with Gasteiger partial charge in [-0.2, -0.15) is 0 Å². The number of hydrogen-bond acceptors (Lipinski definition) is 8. The maximum atomic E-state index is 13.6. The van der Waals surface area contributed by atoms with Crippen LogP contribution in [0.3, 0.4) is 0 Å². The first-order chi connectivity index (χ1) is 16.7. The van der Waals surface area contributed by atoms with Crippen LogP contribution in [0.4, 0.5) is 5.00 Å². The number of rotatable bonds is 11. The number of nitrogens with zero attached hydrogens (tertiary/aromatic N) is 1. The minimum atomic E-state index is -3.55. The Bertz CT molecular complexity index is 1260. The number of sulfone groups is 1. The number of nitrogens with one attached hydrogen (secondary N) is 1. The van der Waals surface area contributed by atoms with Crippen molar-refractivity contribution >= 4 is 43.9 Å². The monoisotopic (exact) mass is 520 g/mol. The number of thiophene rings is 1. The van der Waals surface area contributed by atoms with Gasteiger partial charge in [0.25, 0.3) is 11.8 Å². The fourth-order valence-electron chi connectivity index (χ4n) is 4.13. The van der Waals surface area contributed by atoms with Gasteiger partial charge in [0, 0.05) is 11.8 Å². The molecule has 9 nitrogen and oxygen atoms in total. The van der Waals surface area contributed by atoms with Gasteiger partial charge in [-0.3, -0.25) is 19.3 Å². The summed E-state index contributed by atoms with van der Waals surface area (Å²) in [6, 6.07) is 3.84. The summed E-state index contributed by atoms with van der Waals surface area (Å²) in [7, 11) is -2.06. The number of methoxy groups -OCH3 is 1. The van der Waals surface area contributed by atoms with E-state index in [1.165, 1.54) is 12.5 Å². The lowest BCUT2D eigenvalue weighted by Gasteiger charge is -2.27. The quantitative estimate of drug-likeness (QED) is 0.448. The summed E-state index contributed by atoms with van der Waals surface area (Å²) in [5.41, 5.74) is 0.724. The van der Waals surface area contributed by atoms with Gasteiger partial charge in [-0.1, -0.05) is 13.0 Å². The zero-order chi connectivity index (χ0) is 25.3. The topological polar surface area (TPSA) is 119 Å². The van der Waals surface area contributed by atoms with E-state index in [-0.39, 0.29) is 23.5 Å². The molecule has 1 N–H and O–H groups in total. The van der Waals surface area contributed by atoms with Gasteiger partial charge in [0.05, 0.1) is 41.9 Å². The number of anilines is 1. The van der Waals surface area contributed by atoms with E-state index in [1.54, 1.807) is 25.1 Å². The number of carbonyl (C=O) groups excluding carboxylic acids is 3. The molecule has 0 radical (unpaired) electrons. The Hall–Kier alpha value is -2.92. The zero-order valence-corrected chi connectivity index (χ0v) is 21.5. The molecule has 2 aliphatic rings. The number of imide groups is 1. The van der Waals surface area contributed by atoms with E-state index < -0.39 is 38.7 Å². The highest BCUT2D eigenvalue weighted by atomic mass is 32.2. The van der Waals surface area contributed by atoms with Crippen LogP contribution < -0.4 is 14.8 Å². The van der Waals surface area contributed by atoms with Gasteiger partial charge in [-0.25, -0.2) is 8.42 Å². The molecule has 0 saturated heterocycles. The number of amides is 3. The number of ether oxygens (including phenoxy) is 2. The molecule has 1 fully saturated rings. The van der Waals surface area contributed by atoms with Crippen LogP contribution >= 0.6 is 11.3 Å². The third-order valence-electron chi connectivity index (χ3n) is 6.01. The molecule has 1 aromatic carbocycles. The van der Waals surface area contributed by atoms with E-state index in [2.05, 4.69) is 5.32 Å². The third-order valence-corrected chi connectivity index (χ3v) is 9.17. The Morgan fingerprint density at radius 3 is 2.57 bits per heavy atom. The molecule has 1 aliphatic heterocycles. The lowest BCUT2D eigenvalue weighted by Crippen LogP contribution is -2.38. The molecule has 35 heavy (non-hydrogen) atoms. The highest BCUT2D eigenvalue weighted by molar-refractivity contribution is 7.92. The Morgan fingerprint density at radius 1 is 1.20 bits per heavy atom. The standard InChI is InChI=1S/C24H28N2O7S2/c1-4-6-20(27)25-22-21-16(12-34-22)23(28)26(24(21)29)17(13-35(30,31)15-8-9-15)14-7-10-18(32-3)19(11-14)33-5-2/h7,10-12,15,17H,4-6,8-9,13H2,1-3H3,(H,25,27)/t17-/m0/s1. The van der Waals surface area contributed by atoms with Gasteiger partial charge < -0.3 is 14.8 Å². The van der Waals surface area contributed by atoms with Crippen LogP contribution in [0.25, 0.3) is 0 Å². The Morgan fingerprint density at radius 2 is 1.94 bits per heavy atom. The van der Waals surface area contributed by atoms with Gasteiger partial charge >= 0.3 is 0 Å². The van der Waals surface area contributed by atoms with Gasteiger partial charge in [-0.15, -0.1) is 11.3 Å². The van der Waals surface area contributed by atoms with Crippen LogP contribution in [-0.2, 0) is 14.6 Å². The fraction of sp³-hybridized carbons (Fsp3) is 0.458. The first-order valence-electron chi connectivity index (χ1n) is 11.5. The molecule has 2 heterocycles. The molecule has 188 valence electrons. The van der Waals surface area contributed by atoms with Crippen molar-refractivity contribution in [2.24, 2.45) is 0 Å². The summed E-state index contributed by atoms with van der Waals surface area (Å²) in [4.78, 5) is 40.1. The largest absolute Gasteiger partial charge is 0.493 e. The maximum absolute atomic E-state index is 13.6. The Labute approximate surface area is 208 Å². The molecule has 1 aliphatic carbocycles. The van der Waals surface area contributed by atoms with Crippen molar-refractivity contribution < 1.29 is 32.3 Å².